The van der Waals surface area contributed by atoms with Crippen molar-refractivity contribution in [3.05, 3.63) is 63.6 Å². The molecule has 0 unspecified atom stereocenters. The number of aromatic nitrogens is 2. The van der Waals surface area contributed by atoms with Crippen LogP contribution in [0.25, 0.3) is 0 Å². The molecule has 136 valence electrons. The fraction of sp³-hybridized carbons (Fsp3) is 0.125. The highest BCUT2D eigenvalue weighted by Gasteiger charge is 2.30. The highest BCUT2D eigenvalue weighted by molar-refractivity contribution is 7.92. The van der Waals surface area contributed by atoms with E-state index in [1.54, 1.807) is 24.3 Å². The molecule has 0 saturated carbocycles. The molecule has 2 aromatic carbocycles. The van der Waals surface area contributed by atoms with Crippen LogP contribution in [-0.2, 0) is 16.6 Å². The molecule has 0 fully saturated rings. The molecule has 7 nitrogen and oxygen atoms in total. The van der Waals surface area contributed by atoms with Gasteiger partial charge in [-0.25, -0.2) is 17.4 Å². The minimum absolute atomic E-state index is 0.0792. The van der Waals surface area contributed by atoms with Crippen LogP contribution in [0.2, 0.25) is 10.0 Å². The summed E-state index contributed by atoms with van der Waals surface area (Å²) in [5.41, 5.74) is 7.18. The number of sulfonamides is 1. The summed E-state index contributed by atoms with van der Waals surface area (Å²) >= 11 is 12.1. The van der Waals surface area contributed by atoms with Gasteiger partial charge >= 0.3 is 0 Å². The van der Waals surface area contributed by atoms with E-state index in [-0.39, 0.29) is 23.1 Å². The second-order valence-corrected chi connectivity index (χ2v) is 8.24. The number of benzene rings is 2. The van der Waals surface area contributed by atoms with E-state index >= 15 is 0 Å². The van der Waals surface area contributed by atoms with Crippen LogP contribution >= 0.6 is 23.2 Å². The van der Waals surface area contributed by atoms with Crippen molar-refractivity contribution in [1.29, 1.82) is 0 Å². The number of hydrogen-bond donors (Lipinski definition) is 1. The van der Waals surface area contributed by atoms with Crippen molar-refractivity contribution in [1.82, 2.24) is 10.3 Å². The van der Waals surface area contributed by atoms with Crippen molar-refractivity contribution in [3.63, 3.8) is 0 Å². The van der Waals surface area contributed by atoms with Gasteiger partial charge in [-0.05, 0) is 47.1 Å². The molecule has 0 radical (unpaired) electrons. The maximum absolute atomic E-state index is 13.2. The summed E-state index contributed by atoms with van der Waals surface area (Å²) in [6.45, 7) is 1.74. The summed E-state index contributed by atoms with van der Waals surface area (Å²) in [7, 11) is -3.99. The molecule has 0 spiro atoms. The lowest BCUT2D eigenvalue weighted by molar-refractivity contribution is 0.310. The quantitative estimate of drug-likeness (QED) is 0.685. The molecular weight excluding hydrogens is 399 g/mol. The SMILES string of the molecule is Cc1ccc(S(=O)(=O)N(Cc2ccc(Cl)cc2Cl)c2nonc2N)cc1. The number of halogens is 2. The normalized spacial score (nSPS) is 11.5. The second-order valence-electron chi connectivity index (χ2n) is 5.53. The van der Waals surface area contributed by atoms with Gasteiger partial charge in [-0.3, -0.25) is 0 Å². The van der Waals surface area contributed by atoms with Crippen molar-refractivity contribution in [2.24, 2.45) is 0 Å². The van der Waals surface area contributed by atoms with Gasteiger partial charge in [-0.2, -0.15) is 0 Å². The van der Waals surface area contributed by atoms with Crippen molar-refractivity contribution in [3.8, 4) is 0 Å². The highest BCUT2D eigenvalue weighted by atomic mass is 35.5. The van der Waals surface area contributed by atoms with E-state index in [1.807, 2.05) is 6.92 Å². The fourth-order valence-corrected chi connectivity index (χ4v) is 4.15. The first kappa shape index (κ1) is 18.5. The predicted octanol–water partition coefficient (Wildman–Crippen LogP) is 3.66. The van der Waals surface area contributed by atoms with Gasteiger partial charge in [0.05, 0.1) is 11.4 Å². The lowest BCUT2D eigenvalue weighted by atomic mass is 10.2. The molecule has 3 aromatic rings. The Bertz CT molecular complexity index is 1040. The first-order chi connectivity index (χ1) is 12.3. The third-order valence-corrected chi connectivity index (χ3v) is 6.01. The molecule has 0 bridgehead atoms. The number of anilines is 2. The van der Waals surface area contributed by atoms with Gasteiger partial charge in [0.15, 0.2) is 0 Å². The Morgan fingerprint density at radius 1 is 1.12 bits per heavy atom. The topological polar surface area (TPSA) is 102 Å². The summed E-state index contributed by atoms with van der Waals surface area (Å²) in [4.78, 5) is 0.0792. The third-order valence-electron chi connectivity index (χ3n) is 3.67. The second kappa shape index (κ2) is 7.14. The minimum atomic E-state index is -3.99. The first-order valence-electron chi connectivity index (χ1n) is 7.40. The van der Waals surface area contributed by atoms with Crippen molar-refractivity contribution >= 4 is 44.9 Å². The summed E-state index contributed by atoms with van der Waals surface area (Å²) in [5.74, 6) is -0.262. The van der Waals surface area contributed by atoms with Crippen LogP contribution in [-0.4, -0.2) is 18.7 Å². The van der Waals surface area contributed by atoms with E-state index in [9.17, 15) is 8.42 Å². The van der Waals surface area contributed by atoms with Gasteiger partial charge in [-0.1, -0.05) is 47.0 Å². The fourth-order valence-electron chi connectivity index (χ4n) is 2.28. The van der Waals surface area contributed by atoms with Gasteiger partial charge in [0.1, 0.15) is 0 Å². The predicted molar refractivity (Wildman–Crippen MR) is 99.7 cm³/mol. The molecule has 3 rings (SSSR count). The molecule has 2 N–H and O–H groups in total. The molecule has 0 atom stereocenters. The number of nitrogens with zero attached hydrogens (tertiary/aromatic N) is 3. The van der Waals surface area contributed by atoms with E-state index in [1.165, 1.54) is 18.2 Å². The number of nitrogen functional groups attached to an aromatic ring is 1. The van der Waals surface area contributed by atoms with Crippen LogP contribution in [0.4, 0.5) is 11.6 Å². The molecule has 0 saturated heterocycles. The lowest BCUT2D eigenvalue weighted by Crippen LogP contribution is -2.31. The van der Waals surface area contributed by atoms with Crippen LogP contribution < -0.4 is 10.0 Å². The number of hydrogen-bond acceptors (Lipinski definition) is 6. The molecule has 26 heavy (non-hydrogen) atoms. The Kier molecular flexibility index (Phi) is 5.08. The third kappa shape index (κ3) is 3.62. The maximum Gasteiger partial charge on any atom is 0.265 e. The van der Waals surface area contributed by atoms with Gasteiger partial charge in [0.25, 0.3) is 10.0 Å². The van der Waals surface area contributed by atoms with Crippen molar-refractivity contribution < 1.29 is 13.0 Å². The first-order valence-corrected chi connectivity index (χ1v) is 9.60. The zero-order valence-corrected chi connectivity index (χ0v) is 15.9. The monoisotopic (exact) mass is 412 g/mol. The van der Waals surface area contributed by atoms with Gasteiger partial charge in [0.2, 0.25) is 11.6 Å². The summed E-state index contributed by atoms with van der Waals surface area (Å²) in [6, 6.07) is 11.2. The molecule has 0 amide bonds. The van der Waals surface area contributed by atoms with Crippen LogP contribution in [0.5, 0.6) is 0 Å². The Hall–Kier alpha value is -2.29. The largest absolute Gasteiger partial charge is 0.378 e. The van der Waals surface area contributed by atoms with E-state index in [0.29, 0.717) is 15.6 Å². The Balaban J connectivity index is 2.09. The molecule has 0 aliphatic rings. The van der Waals surface area contributed by atoms with E-state index in [0.717, 1.165) is 9.87 Å². The van der Waals surface area contributed by atoms with Crippen molar-refractivity contribution in [2.75, 3.05) is 10.0 Å². The van der Waals surface area contributed by atoms with Crippen LogP contribution in [0.1, 0.15) is 11.1 Å². The Morgan fingerprint density at radius 3 is 2.38 bits per heavy atom. The molecule has 0 aliphatic carbocycles. The zero-order valence-electron chi connectivity index (χ0n) is 13.6. The van der Waals surface area contributed by atoms with E-state index in [2.05, 4.69) is 14.9 Å². The molecule has 10 heteroatoms. The average Bonchev–Trinajstić information content (AvgIpc) is 3.00. The van der Waals surface area contributed by atoms with Crippen LogP contribution in [0, 0.1) is 6.92 Å². The summed E-state index contributed by atoms with van der Waals surface area (Å²) in [6.07, 6.45) is 0. The molecule has 1 aromatic heterocycles. The van der Waals surface area contributed by atoms with Crippen molar-refractivity contribution in [2.45, 2.75) is 18.4 Å². The van der Waals surface area contributed by atoms with Crippen LogP contribution in [0.15, 0.2) is 52.0 Å². The van der Waals surface area contributed by atoms with E-state index < -0.39 is 10.0 Å². The number of rotatable bonds is 5. The molecule has 1 heterocycles. The smallest absolute Gasteiger partial charge is 0.265 e. The average molecular weight is 413 g/mol. The summed E-state index contributed by atoms with van der Waals surface area (Å²) in [5, 5.41) is 7.86. The molecule has 0 aliphatic heterocycles. The van der Waals surface area contributed by atoms with Gasteiger partial charge in [0, 0.05) is 10.0 Å². The Morgan fingerprint density at radius 2 is 1.81 bits per heavy atom. The number of aryl methyl sites for hydroxylation is 1. The maximum atomic E-state index is 13.2. The highest BCUT2D eigenvalue weighted by Crippen LogP contribution is 2.30. The van der Waals surface area contributed by atoms with Crippen LogP contribution in [0.3, 0.4) is 0 Å². The zero-order chi connectivity index (χ0) is 18.9. The minimum Gasteiger partial charge on any atom is -0.378 e. The molecular formula is C16H14Cl2N4O3S. The summed E-state index contributed by atoms with van der Waals surface area (Å²) < 4.78 is 31.9. The van der Waals surface area contributed by atoms with Gasteiger partial charge in [-0.15, -0.1) is 0 Å². The number of nitrogens with two attached hydrogens (primary N) is 1. The standard InChI is InChI=1S/C16H14Cl2N4O3S/c1-10-2-6-13(7-3-10)26(23,24)22(16-15(19)20-25-21-16)9-11-4-5-12(17)8-14(11)18/h2-8H,9H2,1H3,(H2,19,20). The Labute approximate surface area is 160 Å². The lowest BCUT2D eigenvalue weighted by Gasteiger charge is -2.22. The van der Waals surface area contributed by atoms with E-state index in [4.69, 9.17) is 28.9 Å². The van der Waals surface area contributed by atoms with Gasteiger partial charge < -0.3 is 5.73 Å².